The molecule has 0 aliphatic rings. The van der Waals surface area contributed by atoms with Crippen molar-refractivity contribution < 1.29 is 47.4 Å². The molecular weight excluding hydrogens is 602 g/mol. The molecule has 4 aromatic carbocycles. The number of alkyl halides is 6. The highest BCUT2D eigenvalue weighted by Crippen LogP contribution is 2.37. The van der Waals surface area contributed by atoms with Crippen LogP contribution in [0, 0.1) is 0 Å². The predicted octanol–water partition coefficient (Wildman–Crippen LogP) is 6.77. The van der Waals surface area contributed by atoms with Gasteiger partial charge in [0.2, 0.25) is 0 Å². The van der Waals surface area contributed by atoms with Gasteiger partial charge in [-0.15, -0.1) is 0 Å². The standard InChI is InChI=1S/C26H16F6O5S3/c27-25(28,29)39(34,35)19-13-9-17(10-14-19)21-5-1-3-7-23(21)38(33)24-8-4-2-6-22(24)18-11-15-20(16-12-18)40(36,37)26(30,31)32/h1-16H. The number of halogens is 6. The molecule has 210 valence electrons. The molecule has 4 aromatic rings. The summed E-state index contributed by atoms with van der Waals surface area (Å²) in [5, 5.41) is 0. The zero-order chi connectivity index (χ0) is 29.5. The monoisotopic (exact) mass is 618 g/mol. The molecule has 0 N–H and O–H groups in total. The summed E-state index contributed by atoms with van der Waals surface area (Å²) < 4.78 is 138. The van der Waals surface area contributed by atoms with Crippen molar-refractivity contribution in [2.24, 2.45) is 0 Å². The van der Waals surface area contributed by atoms with Gasteiger partial charge in [0.05, 0.1) is 30.4 Å². The third kappa shape index (κ3) is 5.43. The second-order valence-corrected chi connectivity index (χ2v) is 13.5. The van der Waals surface area contributed by atoms with Crippen LogP contribution in [-0.4, -0.2) is 32.1 Å². The summed E-state index contributed by atoms with van der Waals surface area (Å²) in [6.07, 6.45) is 0. The maximum absolute atomic E-state index is 13.8. The maximum atomic E-state index is 13.8. The van der Waals surface area contributed by atoms with E-state index in [0.717, 1.165) is 48.5 Å². The fourth-order valence-electron chi connectivity index (χ4n) is 3.75. The highest BCUT2D eigenvalue weighted by atomic mass is 32.2. The molecule has 0 aliphatic heterocycles. The molecule has 0 fully saturated rings. The van der Waals surface area contributed by atoms with E-state index < -0.39 is 51.3 Å². The Hall–Kier alpha value is -3.49. The fraction of sp³-hybridized carbons (Fsp3) is 0.0769. The van der Waals surface area contributed by atoms with Crippen LogP contribution in [0.15, 0.2) is 117 Å². The van der Waals surface area contributed by atoms with Crippen molar-refractivity contribution in [3.05, 3.63) is 97.1 Å². The van der Waals surface area contributed by atoms with E-state index in [1.165, 1.54) is 12.1 Å². The highest BCUT2D eigenvalue weighted by Gasteiger charge is 2.47. The molecule has 0 aromatic heterocycles. The van der Waals surface area contributed by atoms with Crippen LogP contribution in [0.5, 0.6) is 0 Å². The van der Waals surface area contributed by atoms with Gasteiger partial charge >= 0.3 is 11.0 Å². The molecule has 0 amide bonds. The quantitative estimate of drug-likeness (QED) is 0.223. The van der Waals surface area contributed by atoms with Gasteiger partial charge in [0.1, 0.15) is 0 Å². The summed E-state index contributed by atoms with van der Waals surface area (Å²) in [4.78, 5) is -1.47. The Kier molecular flexibility index (Phi) is 7.73. The van der Waals surface area contributed by atoms with E-state index in [4.69, 9.17) is 0 Å². The van der Waals surface area contributed by atoms with Crippen molar-refractivity contribution in [1.29, 1.82) is 0 Å². The number of hydrogen-bond acceptors (Lipinski definition) is 5. The smallest absolute Gasteiger partial charge is 0.249 e. The summed E-state index contributed by atoms with van der Waals surface area (Å²) in [6.45, 7) is 0. The number of sulfone groups is 2. The molecule has 0 unspecified atom stereocenters. The molecule has 0 saturated carbocycles. The lowest BCUT2D eigenvalue weighted by atomic mass is 10.1. The Morgan fingerprint density at radius 3 is 1.07 bits per heavy atom. The van der Waals surface area contributed by atoms with Gasteiger partial charge < -0.3 is 0 Å². The minimum Gasteiger partial charge on any atom is -0.249 e. The van der Waals surface area contributed by atoms with Crippen molar-refractivity contribution in [1.82, 2.24) is 0 Å². The first kappa shape index (κ1) is 29.5. The zero-order valence-corrected chi connectivity index (χ0v) is 22.2. The molecule has 0 atom stereocenters. The lowest BCUT2D eigenvalue weighted by molar-refractivity contribution is -0.0442. The largest absolute Gasteiger partial charge is 0.501 e. The van der Waals surface area contributed by atoms with Gasteiger partial charge in [-0.25, -0.2) is 21.0 Å². The molecule has 5 nitrogen and oxygen atoms in total. The molecule has 0 aliphatic carbocycles. The molecular formula is C26H16F6O5S3. The Balaban J connectivity index is 1.74. The Morgan fingerprint density at radius 1 is 0.475 bits per heavy atom. The number of rotatable bonds is 6. The third-order valence-electron chi connectivity index (χ3n) is 5.73. The van der Waals surface area contributed by atoms with Crippen LogP contribution < -0.4 is 0 Å². The van der Waals surface area contributed by atoms with Crippen LogP contribution in [0.1, 0.15) is 0 Å². The van der Waals surface area contributed by atoms with Crippen LogP contribution in [0.25, 0.3) is 22.3 Å². The maximum Gasteiger partial charge on any atom is 0.501 e. The van der Waals surface area contributed by atoms with E-state index in [2.05, 4.69) is 0 Å². The molecule has 14 heteroatoms. The normalized spacial score (nSPS) is 13.0. The van der Waals surface area contributed by atoms with Crippen LogP contribution >= 0.6 is 0 Å². The van der Waals surface area contributed by atoms with Crippen molar-refractivity contribution >= 4 is 30.5 Å². The van der Waals surface area contributed by atoms with Crippen molar-refractivity contribution in [3.63, 3.8) is 0 Å². The SMILES string of the molecule is O=S(c1ccccc1-c1ccc(S(=O)(=O)C(F)(F)F)cc1)c1ccccc1-c1ccc(S(=O)(=O)C(F)(F)F)cc1. The minimum absolute atomic E-state index is 0.220. The first-order chi connectivity index (χ1) is 18.6. The van der Waals surface area contributed by atoms with Crippen LogP contribution in [-0.2, 0) is 30.5 Å². The van der Waals surface area contributed by atoms with Gasteiger partial charge in [0.25, 0.3) is 19.7 Å². The van der Waals surface area contributed by atoms with Crippen LogP contribution in [0.4, 0.5) is 26.3 Å². The second-order valence-electron chi connectivity index (χ2n) is 8.21. The second kappa shape index (κ2) is 10.5. The third-order valence-corrected chi connectivity index (χ3v) is 10.2. The molecule has 0 saturated heterocycles. The first-order valence-electron chi connectivity index (χ1n) is 11.0. The number of hydrogen-bond donors (Lipinski definition) is 0. The lowest BCUT2D eigenvalue weighted by Crippen LogP contribution is -2.23. The molecule has 0 heterocycles. The topological polar surface area (TPSA) is 85.3 Å². The average molecular weight is 619 g/mol. The van der Waals surface area contributed by atoms with Crippen LogP contribution in [0.2, 0.25) is 0 Å². The Bertz CT molecular complexity index is 1660. The van der Waals surface area contributed by atoms with Gasteiger partial charge in [-0.05, 0) is 58.7 Å². The van der Waals surface area contributed by atoms with Gasteiger partial charge in [-0.2, -0.15) is 26.3 Å². The van der Waals surface area contributed by atoms with Crippen molar-refractivity contribution in [2.45, 2.75) is 30.6 Å². The lowest BCUT2D eigenvalue weighted by Gasteiger charge is -2.14. The van der Waals surface area contributed by atoms with E-state index in [-0.39, 0.29) is 20.9 Å². The van der Waals surface area contributed by atoms with Gasteiger partial charge in [-0.3, -0.25) is 0 Å². The summed E-state index contributed by atoms with van der Waals surface area (Å²) in [6, 6.07) is 20.2. The van der Waals surface area contributed by atoms with E-state index in [9.17, 15) is 47.4 Å². The molecule has 4 rings (SSSR count). The predicted molar refractivity (Wildman–Crippen MR) is 135 cm³/mol. The van der Waals surface area contributed by atoms with Crippen molar-refractivity contribution in [3.8, 4) is 22.3 Å². The van der Waals surface area contributed by atoms with E-state index in [1.807, 2.05) is 0 Å². The van der Waals surface area contributed by atoms with E-state index in [0.29, 0.717) is 11.1 Å². The van der Waals surface area contributed by atoms with Gasteiger partial charge in [0, 0.05) is 0 Å². The van der Waals surface area contributed by atoms with Gasteiger partial charge in [-0.1, -0.05) is 60.7 Å². The molecule has 0 radical (unpaired) electrons. The van der Waals surface area contributed by atoms with E-state index >= 15 is 0 Å². The minimum atomic E-state index is -5.56. The van der Waals surface area contributed by atoms with E-state index in [1.54, 1.807) is 36.4 Å². The molecule has 0 spiro atoms. The Labute approximate surface area is 227 Å². The fourth-order valence-corrected chi connectivity index (χ4v) is 6.68. The summed E-state index contributed by atoms with van der Waals surface area (Å²) in [7, 11) is -13.1. The highest BCUT2D eigenvalue weighted by molar-refractivity contribution is 7.92. The average Bonchev–Trinajstić information content (AvgIpc) is 2.91. The zero-order valence-electron chi connectivity index (χ0n) is 19.8. The summed E-state index contributed by atoms with van der Waals surface area (Å²) >= 11 is 0. The summed E-state index contributed by atoms with van der Waals surface area (Å²) in [5.74, 6) is 0. The molecule has 40 heavy (non-hydrogen) atoms. The summed E-state index contributed by atoms with van der Waals surface area (Å²) in [5.41, 5.74) is -9.73. The van der Waals surface area contributed by atoms with Crippen molar-refractivity contribution in [2.75, 3.05) is 0 Å². The first-order valence-corrected chi connectivity index (χ1v) is 15.1. The van der Waals surface area contributed by atoms with Crippen LogP contribution in [0.3, 0.4) is 0 Å². The number of benzene rings is 4. The van der Waals surface area contributed by atoms with Gasteiger partial charge in [0.15, 0.2) is 0 Å². The molecule has 0 bridgehead atoms. The Morgan fingerprint density at radius 2 is 0.775 bits per heavy atom.